The van der Waals surface area contributed by atoms with Gasteiger partial charge in [-0.1, -0.05) is 11.3 Å². The van der Waals surface area contributed by atoms with E-state index in [1.54, 1.807) is 16.7 Å². The van der Waals surface area contributed by atoms with Crippen LogP contribution in [-0.4, -0.2) is 15.2 Å². The van der Waals surface area contributed by atoms with Crippen molar-refractivity contribution in [2.75, 3.05) is 0 Å². The molecule has 94 valence electrons. The molecule has 18 heavy (non-hydrogen) atoms. The zero-order valence-corrected chi connectivity index (χ0v) is 11.1. The summed E-state index contributed by atoms with van der Waals surface area (Å²) >= 11 is 1.45. The molecule has 0 saturated heterocycles. The number of nitrogens with zero attached hydrogens (tertiary/aromatic N) is 4. The van der Waals surface area contributed by atoms with Crippen LogP contribution in [0.3, 0.4) is 0 Å². The maximum absolute atomic E-state index is 10.7. The lowest BCUT2D eigenvalue weighted by atomic mass is 10.3. The van der Waals surface area contributed by atoms with Crippen molar-refractivity contribution in [3.05, 3.63) is 33.1 Å². The van der Waals surface area contributed by atoms with Crippen LogP contribution in [0.1, 0.15) is 13.8 Å². The molecule has 6 nitrogen and oxygen atoms in total. The fraction of sp³-hybridized carbons (Fsp3) is 0.273. The first-order chi connectivity index (χ1) is 8.49. The molecule has 0 aliphatic carbocycles. The average Bonchev–Trinajstić information content (AvgIpc) is 2.63. The quantitative estimate of drug-likeness (QED) is 0.474. The Labute approximate surface area is 107 Å². The molecule has 0 fully saturated rings. The molecule has 0 spiro atoms. The first kappa shape index (κ1) is 12.4. The zero-order chi connectivity index (χ0) is 13.3. The second kappa shape index (κ2) is 4.69. The van der Waals surface area contributed by atoms with Crippen LogP contribution in [0.2, 0.25) is 0 Å². The van der Waals surface area contributed by atoms with Gasteiger partial charge in [0, 0.05) is 24.9 Å². The van der Waals surface area contributed by atoms with Gasteiger partial charge in [-0.05, 0) is 19.9 Å². The third-order valence-corrected chi connectivity index (χ3v) is 3.44. The second-order valence-electron chi connectivity index (χ2n) is 4.00. The Kier molecular flexibility index (Phi) is 3.24. The third-order valence-electron chi connectivity index (χ3n) is 2.34. The lowest BCUT2D eigenvalue weighted by molar-refractivity contribution is -0.384. The van der Waals surface area contributed by atoms with Crippen LogP contribution in [-0.2, 0) is 7.05 Å². The average molecular weight is 264 g/mol. The molecular formula is C11H12N4O2S. The minimum Gasteiger partial charge on any atom is -0.318 e. The number of aryl methyl sites for hydroxylation is 1. The van der Waals surface area contributed by atoms with Crippen molar-refractivity contribution in [3.8, 4) is 0 Å². The number of hydrogen-bond acceptors (Lipinski definition) is 5. The van der Waals surface area contributed by atoms with Crippen LogP contribution < -0.4 is 4.80 Å². The smallest absolute Gasteiger partial charge is 0.271 e. The van der Waals surface area contributed by atoms with Gasteiger partial charge in [0.25, 0.3) is 5.69 Å². The van der Waals surface area contributed by atoms with Gasteiger partial charge < -0.3 is 4.57 Å². The van der Waals surface area contributed by atoms with Gasteiger partial charge in [0.1, 0.15) is 0 Å². The number of nitro groups is 1. The van der Waals surface area contributed by atoms with Crippen LogP contribution in [0.5, 0.6) is 0 Å². The van der Waals surface area contributed by atoms with Crippen molar-refractivity contribution in [2.45, 2.75) is 13.8 Å². The molecule has 0 aliphatic rings. The number of non-ortho nitro benzene ring substituents is 1. The third kappa shape index (κ3) is 2.30. The molecule has 0 atom stereocenters. The molecule has 7 heteroatoms. The Morgan fingerprint density at radius 1 is 1.44 bits per heavy atom. The number of aromatic nitrogens is 1. The maximum Gasteiger partial charge on any atom is 0.271 e. The number of rotatable bonds is 2. The molecule has 0 N–H and O–H groups in total. The molecule has 0 saturated carbocycles. The molecule has 0 radical (unpaired) electrons. The minimum absolute atomic E-state index is 0.0811. The Balaban J connectivity index is 2.67. The predicted octanol–water partition coefficient (Wildman–Crippen LogP) is 2.44. The Morgan fingerprint density at radius 2 is 2.17 bits per heavy atom. The summed E-state index contributed by atoms with van der Waals surface area (Å²) in [7, 11) is 1.82. The molecular weight excluding hydrogens is 252 g/mol. The highest BCUT2D eigenvalue weighted by Gasteiger charge is 2.09. The SMILES string of the molecule is CC(C)=N/N=c1\sc2ccc([N+](=O)[O-])cc2n1C. The van der Waals surface area contributed by atoms with Gasteiger partial charge >= 0.3 is 0 Å². The Bertz CT molecular complexity index is 707. The number of nitro benzene ring substituents is 1. The summed E-state index contributed by atoms with van der Waals surface area (Å²) in [5, 5.41) is 18.9. The topological polar surface area (TPSA) is 72.8 Å². The van der Waals surface area contributed by atoms with Crippen LogP contribution in [0.25, 0.3) is 10.2 Å². The number of fused-ring (bicyclic) bond motifs is 1. The van der Waals surface area contributed by atoms with Gasteiger partial charge in [0.05, 0.1) is 15.1 Å². The second-order valence-corrected chi connectivity index (χ2v) is 5.01. The molecule has 2 aromatic rings. The lowest BCUT2D eigenvalue weighted by Crippen LogP contribution is -2.09. The number of benzene rings is 1. The van der Waals surface area contributed by atoms with Gasteiger partial charge in [-0.3, -0.25) is 10.1 Å². The highest BCUT2D eigenvalue weighted by molar-refractivity contribution is 7.16. The predicted molar refractivity (Wildman–Crippen MR) is 71.8 cm³/mol. The van der Waals surface area contributed by atoms with Gasteiger partial charge in [-0.2, -0.15) is 5.10 Å². The summed E-state index contributed by atoms with van der Waals surface area (Å²) in [6.07, 6.45) is 0. The zero-order valence-electron chi connectivity index (χ0n) is 10.2. The van der Waals surface area contributed by atoms with Crippen molar-refractivity contribution in [1.29, 1.82) is 0 Å². The first-order valence-electron chi connectivity index (χ1n) is 5.28. The van der Waals surface area contributed by atoms with Gasteiger partial charge in [0.2, 0.25) is 4.80 Å². The van der Waals surface area contributed by atoms with E-state index < -0.39 is 4.92 Å². The highest BCUT2D eigenvalue weighted by atomic mass is 32.1. The van der Waals surface area contributed by atoms with Crippen molar-refractivity contribution in [3.63, 3.8) is 0 Å². The minimum atomic E-state index is -0.401. The standard InChI is InChI=1S/C11H12N4O2S/c1-7(2)12-13-11-14(3)9-6-8(15(16)17)4-5-10(9)18-11/h4-6H,1-3H3/b13-11-. The Morgan fingerprint density at radius 3 is 2.78 bits per heavy atom. The van der Waals surface area contributed by atoms with E-state index in [0.29, 0.717) is 4.80 Å². The van der Waals surface area contributed by atoms with Gasteiger partial charge in [0.15, 0.2) is 0 Å². The van der Waals surface area contributed by atoms with E-state index >= 15 is 0 Å². The summed E-state index contributed by atoms with van der Waals surface area (Å²) in [5.41, 5.74) is 1.73. The van der Waals surface area contributed by atoms with E-state index in [0.717, 1.165) is 15.9 Å². The summed E-state index contributed by atoms with van der Waals surface area (Å²) in [4.78, 5) is 11.0. The van der Waals surface area contributed by atoms with Crippen molar-refractivity contribution in [2.24, 2.45) is 17.3 Å². The fourth-order valence-corrected chi connectivity index (χ4v) is 2.42. The molecule has 0 amide bonds. The fourth-order valence-electron chi connectivity index (χ4n) is 1.47. The van der Waals surface area contributed by atoms with Crippen LogP contribution in [0, 0.1) is 10.1 Å². The van der Waals surface area contributed by atoms with E-state index in [9.17, 15) is 10.1 Å². The summed E-state index contributed by atoms with van der Waals surface area (Å²) in [6.45, 7) is 3.73. The van der Waals surface area contributed by atoms with E-state index in [-0.39, 0.29) is 5.69 Å². The molecule has 0 bridgehead atoms. The van der Waals surface area contributed by atoms with Crippen molar-refractivity contribution < 1.29 is 4.92 Å². The normalized spacial score (nSPS) is 11.8. The highest BCUT2D eigenvalue weighted by Crippen LogP contribution is 2.22. The monoisotopic (exact) mass is 264 g/mol. The maximum atomic E-state index is 10.7. The number of thiazole rings is 1. The van der Waals surface area contributed by atoms with Crippen molar-refractivity contribution >= 4 is 33.0 Å². The molecule has 2 rings (SSSR count). The van der Waals surface area contributed by atoms with Gasteiger partial charge in [-0.25, -0.2) is 0 Å². The lowest BCUT2D eigenvalue weighted by Gasteiger charge is -1.95. The van der Waals surface area contributed by atoms with Crippen LogP contribution in [0.15, 0.2) is 28.4 Å². The Hall–Kier alpha value is -2.02. The molecule has 0 unspecified atom stereocenters. The molecule has 1 aromatic carbocycles. The van der Waals surface area contributed by atoms with Crippen molar-refractivity contribution in [1.82, 2.24) is 4.57 Å². The molecule has 1 heterocycles. The summed E-state index contributed by atoms with van der Waals surface area (Å²) in [6, 6.07) is 4.78. The largest absolute Gasteiger partial charge is 0.318 e. The number of hydrogen-bond donors (Lipinski definition) is 0. The van der Waals surface area contributed by atoms with Crippen LogP contribution in [0.4, 0.5) is 5.69 Å². The van der Waals surface area contributed by atoms with E-state index in [1.807, 2.05) is 20.9 Å². The molecule has 1 aromatic heterocycles. The van der Waals surface area contributed by atoms with E-state index in [4.69, 9.17) is 0 Å². The van der Waals surface area contributed by atoms with Gasteiger partial charge in [-0.15, -0.1) is 5.10 Å². The van der Waals surface area contributed by atoms with Crippen LogP contribution >= 0.6 is 11.3 Å². The summed E-state index contributed by atoms with van der Waals surface area (Å²) < 4.78 is 2.75. The summed E-state index contributed by atoms with van der Waals surface area (Å²) in [5.74, 6) is 0. The molecule has 0 aliphatic heterocycles. The van der Waals surface area contributed by atoms with E-state index in [1.165, 1.54) is 17.4 Å². The first-order valence-corrected chi connectivity index (χ1v) is 6.09. The van der Waals surface area contributed by atoms with E-state index in [2.05, 4.69) is 10.2 Å².